The van der Waals surface area contributed by atoms with Crippen molar-refractivity contribution in [3.8, 4) is 0 Å². The molecule has 0 fully saturated rings. The summed E-state index contributed by atoms with van der Waals surface area (Å²) in [4.78, 5) is 17.1. The molecule has 0 bridgehead atoms. The number of hydrogen-bond donors (Lipinski definition) is 3. The van der Waals surface area contributed by atoms with Crippen LogP contribution in [-0.2, 0) is 6.54 Å². The molecule has 2 heterocycles. The van der Waals surface area contributed by atoms with Crippen LogP contribution >= 0.6 is 12.2 Å². The highest BCUT2D eigenvalue weighted by molar-refractivity contribution is 7.71. The first-order valence-electron chi connectivity index (χ1n) is 6.06. The van der Waals surface area contributed by atoms with Crippen molar-refractivity contribution < 1.29 is 5.11 Å². The van der Waals surface area contributed by atoms with E-state index in [9.17, 15) is 9.90 Å². The van der Waals surface area contributed by atoms with Gasteiger partial charge in [-0.2, -0.15) is 5.10 Å². The maximum Gasteiger partial charge on any atom is 0.262 e. The Balaban J connectivity index is 2.00. The third-order valence-corrected chi connectivity index (χ3v) is 3.28. The van der Waals surface area contributed by atoms with Crippen LogP contribution in [0.25, 0.3) is 11.0 Å². The summed E-state index contributed by atoms with van der Waals surface area (Å²) in [6.45, 7) is 0.238. The highest BCUT2D eigenvalue weighted by atomic mass is 32.1. The number of rotatable bonds is 3. The molecule has 2 aromatic heterocycles. The van der Waals surface area contributed by atoms with Gasteiger partial charge in [0.1, 0.15) is 11.0 Å². The van der Waals surface area contributed by atoms with E-state index in [-0.39, 0.29) is 16.9 Å². The summed E-state index contributed by atoms with van der Waals surface area (Å²) in [6.07, 6.45) is 0.748. The van der Waals surface area contributed by atoms with E-state index < -0.39 is 6.10 Å². The summed E-state index contributed by atoms with van der Waals surface area (Å²) in [6, 6.07) is 9.28. The fourth-order valence-corrected chi connectivity index (χ4v) is 2.26. The van der Waals surface area contributed by atoms with Gasteiger partial charge in [-0.25, -0.2) is 4.68 Å². The van der Waals surface area contributed by atoms with Gasteiger partial charge in [0.25, 0.3) is 5.56 Å². The van der Waals surface area contributed by atoms with Crippen LogP contribution in [0.3, 0.4) is 0 Å². The molecule has 0 amide bonds. The Bertz CT molecular complexity index is 850. The van der Waals surface area contributed by atoms with Gasteiger partial charge in [-0.3, -0.25) is 9.78 Å². The van der Waals surface area contributed by atoms with Gasteiger partial charge >= 0.3 is 0 Å². The molecule has 0 aliphatic rings. The number of hydrogen-bond acceptors (Lipinski definition) is 4. The first-order chi connectivity index (χ1) is 9.65. The first-order valence-corrected chi connectivity index (χ1v) is 6.47. The highest BCUT2D eigenvalue weighted by Crippen LogP contribution is 2.16. The largest absolute Gasteiger partial charge is 0.386 e. The maximum absolute atomic E-state index is 11.7. The number of aliphatic hydroxyl groups is 1. The minimum atomic E-state index is -0.708. The molecule has 0 aliphatic heterocycles. The molecule has 102 valence electrons. The Morgan fingerprint density at radius 2 is 2.05 bits per heavy atom. The Hall–Kier alpha value is -2.25. The third kappa shape index (κ3) is 2.28. The zero-order valence-corrected chi connectivity index (χ0v) is 11.2. The molecule has 1 aromatic carbocycles. The maximum atomic E-state index is 11.7. The van der Waals surface area contributed by atoms with E-state index in [2.05, 4.69) is 15.1 Å². The van der Waals surface area contributed by atoms with E-state index in [4.69, 9.17) is 12.2 Å². The molecule has 1 unspecified atom stereocenters. The van der Waals surface area contributed by atoms with Gasteiger partial charge in [-0.1, -0.05) is 30.3 Å². The Morgan fingerprint density at radius 3 is 2.80 bits per heavy atom. The summed E-state index contributed by atoms with van der Waals surface area (Å²) < 4.78 is 1.77. The second-order valence-corrected chi connectivity index (χ2v) is 4.83. The lowest BCUT2D eigenvalue weighted by Gasteiger charge is -2.11. The van der Waals surface area contributed by atoms with E-state index in [1.165, 1.54) is 10.9 Å². The number of fused-ring (bicyclic) bond motifs is 1. The fraction of sp³-hybridized carbons (Fsp3) is 0.154. The Morgan fingerprint density at radius 1 is 1.30 bits per heavy atom. The molecule has 3 N–H and O–H groups in total. The minimum Gasteiger partial charge on any atom is -0.386 e. The number of nitrogens with zero attached hydrogens (tertiary/aromatic N) is 2. The molecule has 0 aliphatic carbocycles. The molecular weight excluding hydrogens is 276 g/mol. The molecule has 3 rings (SSSR count). The highest BCUT2D eigenvalue weighted by Gasteiger charge is 2.12. The zero-order chi connectivity index (χ0) is 14.1. The number of aromatic amines is 2. The monoisotopic (exact) mass is 288 g/mol. The van der Waals surface area contributed by atoms with Crippen LogP contribution in [0.15, 0.2) is 41.3 Å². The van der Waals surface area contributed by atoms with Crippen molar-refractivity contribution in [1.82, 2.24) is 19.7 Å². The molecule has 0 saturated heterocycles. The van der Waals surface area contributed by atoms with Crippen LogP contribution in [-0.4, -0.2) is 24.9 Å². The van der Waals surface area contributed by atoms with Crippen molar-refractivity contribution in [3.63, 3.8) is 0 Å². The number of H-pyrrole nitrogens is 2. The van der Waals surface area contributed by atoms with Gasteiger partial charge in [-0.15, -0.1) is 0 Å². The molecule has 3 aromatic rings. The van der Waals surface area contributed by atoms with E-state index in [0.717, 1.165) is 5.56 Å². The molecule has 0 saturated carbocycles. The van der Waals surface area contributed by atoms with Crippen LogP contribution in [0.1, 0.15) is 11.7 Å². The van der Waals surface area contributed by atoms with Gasteiger partial charge < -0.3 is 10.1 Å². The molecule has 1 atom stereocenters. The van der Waals surface area contributed by atoms with Crippen LogP contribution in [0, 0.1) is 4.77 Å². The topological polar surface area (TPSA) is 86.7 Å². The fourth-order valence-electron chi connectivity index (χ4n) is 2.08. The van der Waals surface area contributed by atoms with Gasteiger partial charge in [0, 0.05) is 0 Å². The lowest BCUT2D eigenvalue weighted by Crippen LogP contribution is -2.12. The van der Waals surface area contributed by atoms with E-state index >= 15 is 0 Å². The van der Waals surface area contributed by atoms with Gasteiger partial charge in [-0.05, 0) is 17.8 Å². The second kappa shape index (κ2) is 5.03. The molecule has 20 heavy (non-hydrogen) atoms. The molecule has 6 nitrogen and oxygen atoms in total. The summed E-state index contributed by atoms with van der Waals surface area (Å²) >= 11 is 4.94. The van der Waals surface area contributed by atoms with Crippen LogP contribution in [0.5, 0.6) is 0 Å². The van der Waals surface area contributed by atoms with Gasteiger partial charge in [0.2, 0.25) is 0 Å². The molecule has 0 spiro atoms. The number of nitrogens with one attached hydrogen (secondary N) is 2. The van der Waals surface area contributed by atoms with Crippen molar-refractivity contribution >= 4 is 23.3 Å². The average Bonchev–Trinajstić information content (AvgIpc) is 2.83. The standard InChI is InChI=1S/C13H12N4O2S/c18-10(8-4-2-1-3-5-8)7-17-11-9(6-14-17)12(19)16-13(20)15-11/h1-6,10,18H,7H2,(H2,15,16,19,20). The molecule has 0 radical (unpaired) electrons. The Kier molecular flexibility index (Phi) is 3.21. The van der Waals surface area contributed by atoms with Crippen LogP contribution < -0.4 is 5.56 Å². The summed E-state index contributed by atoms with van der Waals surface area (Å²) in [7, 11) is 0. The number of aliphatic hydroxyl groups excluding tert-OH is 1. The smallest absolute Gasteiger partial charge is 0.262 e. The first kappa shape index (κ1) is 12.8. The van der Waals surface area contributed by atoms with Crippen LogP contribution in [0.2, 0.25) is 0 Å². The van der Waals surface area contributed by atoms with Crippen molar-refractivity contribution in [1.29, 1.82) is 0 Å². The van der Waals surface area contributed by atoms with Crippen molar-refractivity contribution in [2.75, 3.05) is 0 Å². The summed E-state index contributed by atoms with van der Waals surface area (Å²) in [5, 5.41) is 14.7. The zero-order valence-electron chi connectivity index (χ0n) is 10.4. The number of benzene rings is 1. The summed E-state index contributed by atoms with van der Waals surface area (Å²) in [5.41, 5.74) is 1.01. The lowest BCUT2D eigenvalue weighted by molar-refractivity contribution is 0.153. The van der Waals surface area contributed by atoms with Crippen molar-refractivity contribution in [2.45, 2.75) is 12.6 Å². The molecule has 7 heteroatoms. The second-order valence-electron chi connectivity index (χ2n) is 4.42. The van der Waals surface area contributed by atoms with Crippen molar-refractivity contribution in [2.24, 2.45) is 0 Å². The lowest BCUT2D eigenvalue weighted by atomic mass is 10.1. The SMILES string of the molecule is O=c1[nH]c(=S)[nH]c2c1cnn2CC(O)c1ccccc1. The van der Waals surface area contributed by atoms with Gasteiger partial charge in [0.05, 0.1) is 18.8 Å². The molecular formula is C13H12N4O2S. The van der Waals surface area contributed by atoms with Gasteiger partial charge in [0.15, 0.2) is 4.77 Å². The van der Waals surface area contributed by atoms with Crippen LogP contribution in [0.4, 0.5) is 0 Å². The number of aromatic nitrogens is 4. The Labute approximate surface area is 118 Å². The van der Waals surface area contributed by atoms with E-state index in [1.54, 1.807) is 0 Å². The predicted octanol–water partition coefficient (Wildman–Crippen LogP) is 1.52. The average molecular weight is 288 g/mol. The predicted molar refractivity (Wildman–Crippen MR) is 76.9 cm³/mol. The third-order valence-electron chi connectivity index (χ3n) is 3.07. The normalized spacial score (nSPS) is 12.7. The van der Waals surface area contributed by atoms with E-state index in [0.29, 0.717) is 11.0 Å². The summed E-state index contributed by atoms with van der Waals surface area (Å²) in [5.74, 6) is 0. The van der Waals surface area contributed by atoms with Crippen molar-refractivity contribution in [3.05, 3.63) is 57.2 Å². The quantitative estimate of drug-likeness (QED) is 0.638. The minimum absolute atomic E-state index is 0.235. The van der Waals surface area contributed by atoms with E-state index in [1.807, 2.05) is 30.3 Å².